The molecule has 1 aliphatic rings. The Bertz CT molecular complexity index is 226. The van der Waals surface area contributed by atoms with Crippen molar-refractivity contribution in [3.63, 3.8) is 0 Å². The molecule has 0 N–H and O–H groups in total. The molecule has 1 heterocycles. The van der Waals surface area contributed by atoms with Gasteiger partial charge >= 0.3 is 0 Å². The second-order valence-corrected chi connectivity index (χ2v) is 4.03. The molecule has 1 rings (SSSR count). The Balaban J connectivity index is 0.00000106. The van der Waals surface area contributed by atoms with Crippen LogP contribution in [0.25, 0.3) is 0 Å². The van der Waals surface area contributed by atoms with Gasteiger partial charge in [0.1, 0.15) is 0 Å². The molecule has 1 saturated heterocycles. The third-order valence-electron chi connectivity index (χ3n) is 3.05. The van der Waals surface area contributed by atoms with Crippen molar-refractivity contribution in [1.82, 2.24) is 9.80 Å². The molecule has 1 fully saturated rings. The van der Waals surface area contributed by atoms with Crippen LogP contribution in [0.5, 0.6) is 0 Å². The van der Waals surface area contributed by atoms with Gasteiger partial charge in [-0.3, -0.25) is 4.79 Å². The molecule has 94 valence electrons. The van der Waals surface area contributed by atoms with Gasteiger partial charge in [-0.25, -0.2) is 0 Å². The van der Waals surface area contributed by atoms with Crippen LogP contribution in [0.1, 0.15) is 33.6 Å². The lowest BCUT2D eigenvalue weighted by Gasteiger charge is -2.29. The number of nitrogens with zero attached hydrogens (tertiary/aromatic N) is 2. The summed E-state index contributed by atoms with van der Waals surface area (Å²) in [5, 5.41) is 0. The van der Waals surface area contributed by atoms with Crippen LogP contribution in [-0.2, 0) is 4.79 Å². The molecule has 0 aromatic carbocycles. The second kappa shape index (κ2) is 7.44. The summed E-state index contributed by atoms with van der Waals surface area (Å²) < 4.78 is 0. The molecule has 0 saturated carbocycles. The van der Waals surface area contributed by atoms with Crippen molar-refractivity contribution in [1.29, 1.82) is 0 Å². The lowest BCUT2D eigenvalue weighted by Crippen LogP contribution is -2.43. The summed E-state index contributed by atoms with van der Waals surface area (Å²) in [6.07, 6.45) is 3.51. The predicted molar refractivity (Wildman–Crippen MR) is 69.4 cm³/mol. The van der Waals surface area contributed by atoms with Crippen LogP contribution in [0, 0.1) is 0 Å². The average molecular weight is 226 g/mol. The third kappa shape index (κ3) is 3.34. The van der Waals surface area contributed by atoms with Crippen molar-refractivity contribution < 1.29 is 4.79 Å². The molecule has 0 radical (unpaired) electrons. The van der Waals surface area contributed by atoms with Crippen molar-refractivity contribution in [2.45, 2.75) is 45.7 Å². The Morgan fingerprint density at radius 2 is 2.06 bits per heavy atom. The highest BCUT2D eigenvalue weighted by atomic mass is 16.2. The van der Waals surface area contributed by atoms with Gasteiger partial charge in [-0.05, 0) is 33.0 Å². The lowest BCUT2D eigenvalue weighted by molar-refractivity contribution is -0.127. The Hall–Kier alpha value is -0.830. The van der Waals surface area contributed by atoms with Crippen LogP contribution >= 0.6 is 0 Å². The van der Waals surface area contributed by atoms with Gasteiger partial charge in [0, 0.05) is 18.6 Å². The van der Waals surface area contributed by atoms with E-state index in [0.29, 0.717) is 12.1 Å². The molecule has 3 heteroatoms. The number of hydrogen-bond donors (Lipinski definition) is 0. The summed E-state index contributed by atoms with van der Waals surface area (Å²) in [6.45, 7) is 10.5. The first-order valence-corrected chi connectivity index (χ1v) is 6.21. The first kappa shape index (κ1) is 15.2. The molecular weight excluding hydrogens is 200 g/mol. The number of rotatable bonds is 3. The van der Waals surface area contributed by atoms with E-state index < -0.39 is 0 Å². The fourth-order valence-corrected chi connectivity index (χ4v) is 2.32. The number of amides is 1. The van der Waals surface area contributed by atoms with E-state index in [-0.39, 0.29) is 5.91 Å². The zero-order valence-corrected chi connectivity index (χ0v) is 11.4. The fourth-order valence-electron chi connectivity index (χ4n) is 2.32. The Morgan fingerprint density at radius 1 is 1.50 bits per heavy atom. The number of likely N-dealkylation sites (N-methyl/N-ethyl adjacent to an activating group) is 1. The molecule has 1 amide bonds. The van der Waals surface area contributed by atoms with Crippen LogP contribution < -0.4 is 0 Å². The fraction of sp³-hybridized carbons (Fsp3) is 0.769. The normalized spacial score (nSPS) is 24.0. The zero-order valence-electron chi connectivity index (χ0n) is 11.4. The molecule has 2 atom stereocenters. The number of hydrogen-bond acceptors (Lipinski definition) is 2. The predicted octanol–water partition coefficient (Wildman–Crippen LogP) is 2.14. The Morgan fingerprint density at radius 3 is 2.44 bits per heavy atom. The summed E-state index contributed by atoms with van der Waals surface area (Å²) in [4.78, 5) is 15.7. The molecule has 3 nitrogen and oxygen atoms in total. The van der Waals surface area contributed by atoms with Gasteiger partial charge < -0.3 is 9.80 Å². The van der Waals surface area contributed by atoms with Crippen molar-refractivity contribution in [3.8, 4) is 0 Å². The third-order valence-corrected chi connectivity index (χ3v) is 3.05. The number of likely N-dealkylation sites (tertiary alicyclic amines) is 1. The molecule has 1 aliphatic heterocycles. The van der Waals surface area contributed by atoms with E-state index in [1.165, 1.54) is 6.08 Å². The number of carbonyl (C=O) groups is 1. The van der Waals surface area contributed by atoms with E-state index >= 15 is 0 Å². The molecular formula is C13H26N2O. The highest BCUT2D eigenvalue weighted by Gasteiger charge is 2.35. The first-order chi connectivity index (χ1) is 7.61. The van der Waals surface area contributed by atoms with Gasteiger partial charge in [0.05, 0.1) is 0 Å². The smallest absolute Gasteiger partial charge is 0.246 e. The van der Waals surface area contributed by atoms with Crippen LogP contribution in [-0.4, -0.2) is 48.4 Å². The van der Waals surface area contributed by atoms with Gasteiger partial charge in [0.15, 0.2) is 0 Å². The van der Waals surface area contributed by atoms with Crippen molar-refractivity contribution in [3.05, 3.63) is 12.7 Å². The van der Waals surface area contributed by atoms with Gasteiger partial charge in [0.25, 0.3) is 0 Å². The minimum absolute atomic E-state index is 0.0706. The summed E-state index contributed by atoms with van der Waals surface area (Å²) in [5.41, 5.74) is 0. The molecule has 2 unspecified atom stereocenters. The van der Waals surface area contributed by atoms with E-state index in [4.69, 9.17) is 0 Å². The van der Waals surface area contributed by atoms with Gasteiger partial charge in [-0.2, -0.15) is 0 Å². The highest BCUT2D eigenvalue weighted by molar-refractivity contribution is 5.87. The summed E-state index contributed by atoms with van der Waals surface area (Å²) in [6, 6.07) is 0.861. The van der Waals surface area contributed by atoms with Crippen molar-refractivity contribution in [2.75, 3.05) is 20.6 Å². The van der Waals surface area contributed by atoms with Crippen LogP contribution in [0.15, 0.2) is 12.7 Å². The molecule has 16 heavy (non-hydrogen) atoms. The second-order valence-electron chi connectivity index (χ2n) is 4.03. The van der Waals surface area contributed by atoms with Crippen molar-refractivity contribution >= 4 is 5.91 Å². The summed E-state index contributed by atoms with van der Waals surface area (Å²) in [5.74, 6) is 0.0706. The van der Waals surface area contributed by atoms with E-state index in [1.807, 2.05) is 18.7 Å². The quantitative estimate of drug-likeness (QED) is 0.688. The van der Waals surface area contributed by atoms with Gasteiger partial charge in [0.2, 0.25) is 5.91 Å². The zero-order chi connectivity index (χ0) is 12.7. The summed E-state index contributed by atoms with van der Waals surface area (Å²) in [7, 11) is 4.16. The van der Waals surface area contributed by atoms with Crippen LogP contribution in [0.2, 0.25) is 0 Å². The minimum atomic E-state index is 0.0706. The standard InChI is InChI=1S/C11H20N2O.C2H6/c1-5-9-10(12(3)4)7-8-13(9)11(14)6-2;1-2/h6,9-10H,2,5,7-8H2,1,3-4H3;1-2H3. The van der Waals surface area contributed by atoms with Gasteiger partial charge in [-0.1, -0.05) is 27.4 Å². The largest absolute Gasteiger partial charge is 0.335 e. The van der Waals surface area contributed by atoms with E-state index in [0.717, 1.165) is 19.4 Å². The lowest BCUT2D eigenvalue weighted by atomic mass is 10.1. The maximum absolute atomic E-state index is 11.5. The van der Waals surface area contributed by atoms with E-state index in [9.17, 15) is 4.79 Å². The Labute approximate surface area is 100 Å². The van der Waals surface area contributed by atoms with Crippen LogP contribution in [0.4, 0.5) is 0 Å². The summed E-state index contributed by atoms with van der Waals surface area (Å²) >= 11 is 0. The minimum Gasteiger partial charge on any atom is -0.335 e. The Kier molecular flexibility index (Phi) is 7.06. The monoisotopic (exact) mass is 226 g/mol. The molecule has 0 aliphatic carbocycles. The van der Waals surface area contributed by atoms with Crippen molar-refractivity contribution in [2.24, 2.45) is 0 Å². The molecule has 0 spiro atoms. The van der Waals surface area contributed by atoms with Gasteiger partial charge in [-0.15, -0.1) is 0 Å². The molecule has 0 aromatic heterocycles. The van der Waals surface area contributed by atoms with E-state index in [1.54, 1.807) is 0 Å². The molecule has 0 bridgehead atoms. The molecule has 0 aromatic rings. The topological polar surface area (TPSA) is 23.6 Å². The maximum Gasteiger partial charge on any atom is 0.246 e. The highest BCUT2D eigenvalue weighted by Crippen LogP contribution is 2.23. The maximum atomic E-state index is 11.5. The van der Waals surface area contributed by atoms with E-state index in [2.05, 4.69) is 32.5 Å². The van der Waals surface area contributed by atoms with Crippen LogP contribution in [0.3, 0.4) is 0 Å². The number of carbonyl (C=O) groups excluding carboxylic acids is 1. The SMILES string of the molecule is C=CC(=O)N1CCC(N(C)C)C1CC.CC. The average Bonchev–Trinajstić information content (AvgIpc) is 2.74. The first-order valence-electron chi connectivity index (χ1n) is 6.21.